The van der Waals surface area contributed by atoms with Crippen LogP contribution in [0.15, 0.2) is 5.38 Å². The summed E-state index contributed by atoms with van der Waals surface area (Å²) in [6.07, 6.45) is 1.17. The van der Waals surface area contributed by atoms with Crippen LogP contribution in [0.2, 0.25) is 0 Å². The largest absolute Gasteiger partial charge is 0.346 e. The predicted octanol–water partition coefficient (Wildman–Crippen LogP) is 2.41. The third-order valence-electron chi connectivity index (χ3n) is 3.40. The Morgan fingerprint density at radius 1 is 1.38 bits per heavy atom. The van der Waals surface area contributed by atoms with Gasteiger partial charge in [-0.05, 0) is 19.4 Å². The predicted molar refractivity (Wildman–Crippen MR) is 70.5 cm³/mol. The van der Waals surface area contributed by atoms with Crippen molar-refractivity contribution in [3.05, 3.63) is 11.1 Å². The van der Waals surface area contributed by atoms with Crippen molar-refractivity contribution in [1.82, 2.24) is 9.88 Å². The molecule has 0 aromatic carbocycles. The summed E-state index contributed by atoms with van der Waals surface area (Å²) in [5.74, 6) is 0.595. The second-order valence-electron chi connectivity index (χ2n) is 4.65. The Labute approximate surface area is 102 Å². The molecule has 1 aromatic heterocycles. The lowest BCUT2D eigenvalue weighted by atomic mass is 10.1. The van der Waals surface area contributed by atoms with Gasteiger partial charge in [-0.1, -0.05) is 13.8 Å². The minimum Gasteiger partial charge on any atom is -0.346 e. The first-order valence-corrected chi connectivity index (χ1v) is 6.97. The Morgan fingerprint density at radius 2 is 2.06 bits per heavy atom. The third-order valence-corrected chi connectivity index (χ3v) is 4.32. The van der Waals surface area contributed by atoms with E-state index in [0.717, 1.165) is 26.2 Å². The second kappa shape index (κ2) is 5.15. The Kier molecular flexibility index (Phi) is 3.82. The number of hydrogen-bond donors (Lipinski definition) is 0. The van der Waals surface area contributed by atoms with Crippen LogP contribution in [0.25, 0.3) is 0 Å². The van der Waals surface area contributed by atoms with Crippen molar-refractivity contribution in [2.24, 2.45) is 0 Å². The average molecular weight is 239 g/mol. The number of rotatable bonds is 3. The van der Waals surface area contributed by atoms with Crippen molar-refractivity contribution in [2.45, 2.75) is 26.2 Å². The highest BCUT2D eigenvalue weighted by Gasteiger charge is 2.17. The zero-order valence-corrected chi connectivity index (χ0v) is 11.3. The number of anilines is 1. The molecule has 1 atom stereocenters. The fraction of sp³-hybridized carbons (Fsp3) is 0.750. The van der Waals surface area contributed by atoms with Crippen LogP contribution in [0.5, 0.6) is 0 Å². The fourth-order valence-electron chi connectivity index (χ4n) is 1.85. The molecule has 1 aromatic rings. The molecule has 0 spiro atoms. The highest BCUT2D eigenvalue weighted by molar-refractivity contribution is 7.13. The average Bonchev–Trinajstić information content (AvgIpc) is 2.78. The zero-order chi connectivity index (χ0) is 11.5. The lowest BCUT2D eigenvalue weighted by Crippen LogP contribution is -2.44. The van der Waals surface area contributed by atoms with Crippen molar-refractivity contribution in [3.8, 4) is 0 Å². The molecule has 0 saturated carbocycles. The maximum absolute atomic E-state index is 4.76. The van der Waals surface area contributed by atoms with E-state index in [1.165, 1.54) is 17.2 Å². The van der Waals surface area contributed by atoms with E-state index in [9.17, 15) is 0 Å². The Bertz CT molecular complexity index is 329. The molecule has 2 heterocycles. The number of nitrogens with zero attached hydrogens (tertiary/aromatic N) is 3. The molecule has 90 valence electrons. The minimum atomic E-state index is 0.595. The van der Waals surface area contributed by atoms with Crippen LogP contribution in [0.1, 0.15) is 31.9 Å². The van der Waals surface area contributed by atoms with E-state index in [-0.39, 0.29) is 0 Å². The molecule has 16 heavy (non-hydrogen) atoms. The van der Waals surface area contributed by atoms with Gasteiger partial charge in [-0.2, -0.15) is 0 Å². The molecule has 0 N–H and O–H groups in total. The summed E-state index contributed by atoms with van der Waals surface area (Å²) >= 11 is 1.80. The molecule has 1 unspecified atom stereocenters. The summed E-state index contributed by atoms with van der Waals surface area (Å²) in [5, 5.41) is 3.44. The quantitative estimate of drug-likeness (QED) is 0.807. The Morgan fingerprint density at radius 3 is 2.69 bits per heavy atom. The molecule has 0 bridgehead atoms. The normalized spacial score (nSPS) is 20.1. The van der Waals surface area contributed by atoms with E-state index < -0.39 is 0 Å². The van der Waals surface area contributed by atoms with Gasteiger partial charge in [-0.15, -0.1) is 11.3 Å². The van der Waals surface area contributed by atoms with Gasteiger partial charge >= 0.3 is 0 Å². The number of piperazine rings is 1. The van der Waals surface area contributed by atoms with Gasteiger partial charge in [-0.3, -0.25) is 0 Å². The van der Waals surface area contributed by atoms with Gasteiger partial charge in [0.1, 0.15) is 0 Å². The zero-order valence-electron chi connectivity index (χ0n) is 10.4. The molecule has 1 aliphatic rings. The molecule has 1 fully saturated rings. The van der Waals surface area contributed by atoms with Crippen LogP contribution in [0.3, 0.4) is 0 Å². The molecule has 2 rings (SSSR count). The van der Waals surface area contributed by atoms with Crippen molar-refractivity contribution >= 4 is 16.5 Å². The highest BCUT2D eigenvalue weighted by Crippen LogP contribution is 2.27. The molecular weight excluding hydrogens is 218 g/mol. The molecule has 0 aliphatic carbocycles. The summed E-state index contributed by atoms with van der Waals surface area (Å²) < 4.78 is 0. The summed E-state index contributed by atoms with van der Waals surface area (Å²) in [5.41, 5.74) is 1.27. The van der Waals surface area contributed by atoms with E-state index in [4.69, 9.17) is 4.98 Å². The maximum atomic E-state index is 4.76. The van der Waals surface area contributed by atoms with Crippen molar-refractivity contribution in [2.75, 3.05) is 38.1 Å². The first-order valence-electron chi connectivity index (χ1n) is 6.09. The van der Waals surface area contributed by atoms with E-state index in [1.54, 1.807) is 11.3 Å². The highest BCUT2D eigenvalue weighted by atomic mass is 32.1. The first-order chi connectivity index (χ1) is 7.70. The van der Waals surface area contributed by atoms with Crippen LogP contribution in [0, 0.1) is 0 Å². The van der Waals surface area contributed by atoms with Crippen molar-refractivity contribution < 1.29 is 0 Å². The van der Waals surface area contributed by atoms with Crippen LogP contribution < -0.4 is 4.90 Å². The van der Waals surface area contributed by atoms with Gasteiger partial charge in [0.15, 0.2) is 5.13 Å². The lowest BCUT2D eigenvalue weighted by molar-refractivity contribution is 0.312. The third kappa shape index (κ3) is 2.55. The minimum absolute atomic E-state index is 0.595. The fourth-order valence-corrected chi connectivity index (χ4v) is 2.86. The smallest absolute Gasteiger partial charge is 0.185 e. The molecule has 4 heteroatoms. The molecule has 0 radical (unpaired) electrons. The number of hydrogen-bond acceptors (Lipinski definition) is 4. The summed E-state index contributed by atoms with van der Waals surface area (Å²) in [6, 6.07) is 0. The van der Waals surface area contributed by atoms with Gasteiger partial charge in [0.05, 0.1) is 5.69 Å². The van der Waals surface area contributed by atoms with Gasteiger partial charge < -0.3 is 9.80 Å². The maximum Gasteiger partial charge on any atom is 0.185 e. The van der Waals surface area contributed by atoms with Crippen LogP contribution in [-0.2, 0) is 0 Å². The molecule has 1 saturated heterocycles. The van der Waals surface area contributed by atoms with E-state index in [1.807, 2.05) is 0 Å². The van der Waals surface area contributed by atoms with Gasteiger partial charge in [0.25, 0.3) is 0 Å². The first kappa shape index (κ1) is 11.9. The van der Waals surface area contributed by atoms with Crippen LogP contribution in [-0.4, -0.2) is 43.1 Å². The molecule has 0 amide bonds. The van der Waals surface area contributed by atoms with E-state index in [0.29, 0.717) is 5.92 Å². The van der Waals surface area contributed by atoms with Crippen molar-refractivity contribution in [1.29, 1.82) is 0 Å². The second-order valence-corrected chi connectivity index (χ2v) is 5.49. The van der Waals surface area contributed by atoms with Crippen molar-refractivity contribution in [3.63, 3.8) is 0 Å². The number of aromatic nitrogens is 1. The summed E-state index contributed by atoms with van der Waals surface area (Å²) in [6.45, 7) is 9.01. The van der Waals surface area contributed by atoms with E-state index >= 15 is 0 Å². The lowest BCUT2D eigenvalue weighted by Gasteiger charge is -2.32. The van der Waals surface area contributed by atoms with Gasteiger partial charge in [0, 0.05) is 31.6 Å². The molecule has 1 aliphatic heterocycles. The topological polar surface area (TPSA) is 19.4 Å². The van der Waals surface area contributed by atoms with Crippen LogP contribution >= 0.6 is 11.3 Å². The van der Waals surface area contributed by atoms with E-state index in [2.05, 4.69) is 36.1 Å². The SMILES string of the molecule is CCC(C)c1csc(N2CCN(C)CC2)n1. The summed E-state index contributed by atoms with van der Waals surface area (Å²) in [7, 11) is 2.18. The van der Waals surface area contributed by atoms with Gasteiger partial charge in [0.2, 0.25) is 0 Å². The monoisotopic (exact) mass is 239 g/mol. The Hall–Kier alpha value is -0.610. The molecular formula is C12H21N3S. The molecule has 3 nitrogen and oxygen atoms in total. The number of likely N-dealkylation sites (N-methyl/N-ethyl adjacent to an activating group) is 1. The summed E-state index contributed by atoms with van der Waals surface area (Å²) in [4.78, 5) is 9.54. The number of thiazole rings is 1. The van der Waals surface area contributed by atoms with Crippen LogP contribution in [0.4, 0.5) is 5.13 Å². The standard InChI is InChI=1S/C12H21N3S/c1-4-10(2)11-9-16-12(13-11)15-7-5-14(3)6-8-15/h9-10H,4-8H2,1-3H3. The van der Waals surface area contributed by atoms with Gasteiger partial charge in [-0.25, -0.2) is 4.98 Å². The Balaban J connectivity index is 2.01.